The van der Waals surface area contributed by atoms with E-state index >= 15 is 0 Å². The fraction of sp³-hybridized carbons (Fsp3) is 0.231. The summed E-state index contributed by atoms with van der Waals surface area (Å²) >= 11 is 6.13. The van der Waals surface area contributed by atoms with Gasteiger partial charge in [0.1, 0.15) is 0 Å². The van der Waals surface area contributed by atoms with Gasteiger partial charge in [-0.3, -0.25) is 0 Å². The number of hydrogen-bond donors (Lipinski definition) is 1. The summed E-state index contributed by atoms with van der Waals surface area (Å²) in [7, 11) is 0. The van der Waals surface area contributed by atoms with Gasteiger partial charge < -0.3 is 5.73 Å². The summed E-state index contributed by atoms with van der Waals surface area (Å²) in [5.74, 6) is 0. The molecule has 0 fully saturated rings. The van der Waals surface area contributed by atoms with Gasteiger partial charge in [-0.15, -0.1) is 13.2 Å². The highest BCUT2D eigenvalue weighted by Crippen LogP contribution is 2.32. The number of benzene rings is 1. The molecule has 1 nitrogen and oxygen atoms in total. The van der Waals surface area contributed by atoms with E-state index in [-0.39, 0.29) is 0 Å². The van der Waals surface area contributed by atoms with Gasteiger partial charge in [0.2, 0.25) is 0 Å². The van der Waals surface area contributed by atoms with Crippen LogP contribution in [0, 0.1) is 0 Å². The van der Waals surface area contributed by atoms with Crippen molar-refractivity contribution < 1.29 is 0 Å². The van der Waals surface area contributed by atoms with Crippen molar-refractivity contribution in [2.75, 3.05) is 0 Å². The molecule has 0 heterocycles. The molecule has 0 bridgehead atoms. The van der Waals surface area contributed by atoms with Crippen LogP contribution in [0.4, 0.5) is 0 Å². The van der Waals surface area contributed by atoms with Crippen LogP contribution in [-0.4, -0.2) is 0 Å². The van der Waals surface area contributed by atoms with Crippen LogP contribution >= 0.6 is 11.6 Å². The lowest BCUT2D eigenvalue weighted by Gasteiger charge is -2.28. The standard InChI is InChI=1S/C13H16ClN/c1-3-9-13(15,10-4-2)11-7-5-6-8-12(11)14/h3-8H,1-2,9-10,15H2. The van der Waals surface area contributed by atoms with E-state index in [2.05, 4.69) is 13.2 Å². The van der Waals surface area contributed by atoms with Crippen molar-refractivity contribution in [2.45, 2.75) is 18.4 Å². The molecule has 2 heteroatoms. The SMILES string of the molecule is C=CCC(N)(CC=C)c1ccccc1Cl. The highest BCUT2D eigenvalue weighted by molar-refractivity contribution is 6.31. The zero-order valence-corrected chi connectivity index (χ0v) is 9.50. The predicted octanol–water partition coefficient (Wildman–Crippen LogP) is 3.65. The van der Waals surface area contributed by atoms with Gasteiger partial charge in [-0.2, -0.15) is 0 Å². The highest BCUT2D eigenvalue weighted by Gasteiger charge is 2.26. The van der Waals surface area contributed by atoms with Crippen molar-refractivity contribution in [1.82, 2.24) is 0 Å². The summed E-state index contributed by atoms with van der Waals surface area (Å²) in [5, 5.41) is 0.698. The summed E-state index contributed by atoms with van der Waals surface area (Å²) in [5.41, 5.74) is 6.78. The molecule has 1 aromatic carbocycles. The molecular weight excluding hydrogens is 206 g/mol. The molecule has 0 unspecified atom stereocenters. The van der Waals surface area contributed by atoms with Crippen LogP contribution in [0.3, 0.4) is 0 Å². The fourth-order valence-electron chi connectivity index (χ4n) is 1.68. The third kappa shape index (κ3) is 2.71. The molecule has 1 aromatic rings. The van der Waals surface area contributed by atoms with Gasteiger partial charge in [0.05, 0.1) is 0 Å². The maximum absolute atomic E-state index is 6.31. The quantitative estimate of drug-likeness (QED) is 0.755. The van der Waals surface area contributed by atoms with E-state index in [1.54, 1.807) is 0 Å². The van der Waals surface area contributed by atoms with E-state index in [0.717, 1.165) is 5.56 Å². The molecule has 0 aliphatic rings. The fourth-order valence-corrected chi connectivity index (χ4v) is 2.01. The Morgan fingerprint density at radius 2 is 1.73 bits per heavy atom. The van der Waals surface area contributed by atoms with E-state index in [9.17, 15) is 0 Å². The third-order valence-electron chi connectivity index (χ3n) is 2.43. The number of halogens is 1. The van der Waals surface area contributed by atoms with E-state index in [0.29, 0.717) is 17.9 Å². The summed E-state index contributed by atoms with van der Waals surface area (Å²) in [4.78, 5) is 0. The Bertz CT molecular complexity index is 347. The van der Waals surface area contributed by atoms with Crippen LogP contribution in [0.15, 0.2) is 49.6 Å². The maximum Gasteiger partial charge on any atom is 0.0493 e. The summed E-state index contributed by atoms with van der Waals surface area (Å²) in [6.07, 6.45) is 4.99. The van der Waals surface area contributed by atoms with E-state index in [4.69, 9.17) is 17.3 Å². The Balaban J connectivity index is 3.13. The van der Waals surface area contributed by atoms with Crippen molar-refractivity contribution in [3.63, 3.8) is 0 Å². The molecule has 2 N–H and O–H groups in total. The molecule has 0 spiro atoms. The van der Waals surface area contributed by atoms with Crippen LogP contribution in [0.25, 0.3) is 0 Å². The minimum atomic E-state index is -0.484. The second-order valence-corrected chi connectivity index (χ2v) is 4.03. The van der Waals surface area contributed by atoms with Crippen molar-refractivity contribution in [3.05, 3.63) is 60.2 Å². The molecule has 0 atom stereocenters. The van der Waals surface area contributed by atoms with Crippen LogP contribution < -0.4 is 5.73 Å². The Morgan fingerprint density at radius 3 is 2.20 bits per heavy atom. The van der Waals surface area contributed by atoms with E-state index < -0.39 is 5.54 Å². The Kier molecular flexibility index (Phi) is 4.13. The predicted molar refractivity (Wildman–Crippen MR) is 66.9 cm³/mol. The largest absolute Gasteiger partial charge is 0.321 e. The Hall–Kier alpha value is -1.05. The van der Waals surface area contributed by atoms with E-state index in [1.165, 1.54) is 0 Å². The zero-order valence-electron chi connectivity index (χ0n) is 8.75. The first-order valence-corrected chi connectivity index (χ1v) is 5.27. The number of rotatable bonds is 5. The molecule has 0 saturated heterocycles. The topological polar surface area (TPSA) is 26.0 Å². The smallest absolute Gasteiger partial charge is 0.0493 e. The highest BCUT2D eigenvalue weighted by atomic mass is 35.5. The van der Waals surface area contributed by atoms with Gasteiger partial charge in [-0.25, -0.2) is 0 Å². The molecular formula is C13H16ClN. The minimum absolute atomic E-state index is 0.484. The van der Waals surface area contributed by atoms with Crippen LogP contribution in [0.5, 0.6) is 0 Å². The lowest BCUT2D eigenvalue weighted by Crippen LogP contribution is -2.35. The average Bonchev–Trinajstić information content (AvgIpc) is 2.19. The molecule has 80 valence electrons. The Labute approximate surface area is 96.2 Å². The van der Waals surface area contributed by atoms with Crippen molar-refractivity contribution >= 4 is 11.6 Å². The molecule has 0 aliphatic heterocycles. The maximum atomic E-state index is 6.31. The minimum Gasteiger partial charge on any atom is -0.321 e. The molecule has 0 aliphatic carbocycles. The molecule has 0 aromatic heterocycles. The second-order valence-electron chi connectivity index (χ2n) is 3.62. The second kappa shape index (κ2) is 5.15. The van der Waals surface area contributed by atoms with E-state index in [1.807, 2.05) is 36.4 Å². The lowest BCUT2D eigenvalue weighted by atomic mass is 9.84. The van der Waals surface area contributed by atoms with Gasteiger partial charge >= 0.3 is 0 Å². The van der Waals surface area contributed by atoms with Gasteiger partial charge in [-0.05, 0) is 24.5 Å². The summed E-state index contributed by atoms with van der Waals surface area (Å²) in [6.45, 7) is 7.45. The van der Waals surface area contributed by atoms with Gasteiger partial charge in [-0.1, -0.05) is 42.0 Å². The van der Waals surface area contributed by atoms with Crippen LogP contribution in [0.1, 0.15) is 18.4 Å². The number of nitrogens with two attached hydrogens (primary N) is 1. The number of hydrogen-bond acceptors (Lipinski definition) is 1. The average molecular weight is 222 g/mol. The first-order chi connectivity index (χ1) is 7.14. The molecule has 0 saturated carbocycles. The van der Waals surface area contributed by atoms with Gasteiger partial charge in [0.25, 0.3) is 0 Å². The van der Waals surface area contributed by atoms with Crippen molar-refractivity contribution in [2.24, 2.45) is 5.73 Å². The molecule has 15 heavy (non-hydrogen) atoms. The van der Waals surface area contributed by atoms with Gasteiger partial charge in [0, 0.05) is 10.6 Å². The lowest BCUT2D eigenvalue weighted by molar-refractivity contribution is 0.457. The van der Waals surface area contributed by atoms with Crippen molar-refractivity contribution in [3.8, 4) is 0 Å². The molecule has 0 amide bonds. The first kappa shape index (κ1) is 12.0. The van der Waals surface area contributed by atoms with Crippen LogP contribution in [-0.2, 0) is 5.54 Å². The van der Waals surface area contributed by atoms with Crippen LogP contribution in [0.2, 0.25) is 5.02 Å². The first-order valence-electron chi connectivity index (χ1n) is 4.90. The zero-order chi connectivity index (χ0) is 11.3. The van der Waals surface area contributed by atoms with Crippen molar-refractivity contribution in [1.29, 1.82) is 0 Å². The monoisotopic (exact) mass is 221 g/mol. The summed E-state index contributed by atoms with van der Waals surface area (Å²) < 4.78 is 0. The molecule has 1 rings (SSSR count). The molecule has 0 radical (unpaired) electrons. The normalized spacial score (nSPS) is 11.1. The summed E-state index contributed by atoms with van der Waals surface area (Å²) in [6, 6.07) is 7.64. The van der Waals surface area contributed by atoms with Gasteiger partial charge in [0.15, 0.2) is 0 Å². The third-order valence-corrected chi connectivity index (χ3v) is 2.76. The Morgan fingerprint density at radius 1 is 1.20 bits per heavy atom.